The summed E-state index contributed by atoms with van der Waals surface area (Å²) in [4.78, 5) is 17.7. The van der Waals surface area contributed by atoms with Crippen molar-refractivity contribution in [2.75, 3.05) is 13.1 Å². The number of carbonyl (C=O) groups is 1. The number of amides is 1. The van der Waals surface area contributed by atoms with E-state index >= 15 is 0 Å². The number of likely N-dealkylation sites (tertiary alicyclic amines) is 1. The maximum absolute atomic E-state index is 12.9. The number of hydrogen-bond acceptors (Lipinski definition) is 4. The molecule has 0 radical (unpaired) electrons. The molecule has 1 aromatic heterocycles. The van der Waals surface area contributed by atoms with Crippen LogP contribution in [-0.2, 0) is 6.54 Å². The molecule has 1 amide bonds. The Balaban J connectivity index is 1.76. The van der Waals surface area contributed by atoms with Crippen molar-refractivity contribution in [1.82, 2.24) is 9.88 Å². The molecule has 26 heavy (non-hydrogen) atoms. The van der Waals surface area contributed by atoms with Crippen LogP contribution >= 0.6 is 0 Å². The summed E-state index contributed by atoms with van der Waals surface area (Å²) in [6.45, 7) is -0.517. The van der Waals surface area contributed by atoms with Crippen LogP contribution in [-0.4, -0.2) is 45.8 Å². The summed E-state index contributed by atoms with van der Waals surface area (Å²) in [7, 11) is 0. The Kier molecular flexibility index (Phi) is 4.72. The summed E-state index contributed by atoms with van der Waals surface area (Å²) in [6, 6.07) is 10.1. The average Bonchev–Trinajstić information content (AvgIpc) is 3.05. The largest absolute Gasteiger partial charge is 0.419 e. The normalized spacial score (nSPS) is 20.4. The summed E-state index contributed by atoms with van der Waals surface area (Å²) < 4.78 is 38.6. The van der Waals surface area contributed by atoms with Gasteiger partial charge in [0.05, 0.1) is 12.2 Å². The van der Waals surface area contributed by atoms with E-state index in [-0.39, 0.29) is 12.1 Å². The first-order valence-corrected chi connectivity index (χ1v) is 8.07. The molecule has 1 saturated heterocycles. The quantitative estimate of drug-likeness (QED) is 0.875. The van der Waals surface area contributed by atoms with Crippen molar-refractivity contribution in [2.45, 2.75) is 24.7 Å². The second-order valence-electron chi connectivity index (χ2n) is 6.34. The van der Waals surface area contributed by atoms with E-state index in [1.807, 2.05) is 6.07 Å². The van der Waals surface area contributed by atoms with E-state index in [0.29, 0.717) is 12.2 Å². The summed E-state index contributed by atoms with van der Waals surface area (Å²) in [5, 5.41) is 9.70. The maximum atomic E-state index is 12.9. The highest BCUT2D eigenvalue weighted by Crippen LogP contribution is 2.38. The molecule has 0 bridgehead atoms. The van der Waals surface area contributed by atoms with Gasteiger partial charge >= 0.3 is 6.18 Å². The number of benzene rings is 1. The first kappa shape index (κ1) is 18.3. The summed E-state index contributed by atoms with van der Waals surface area (Å²) in [6.07, 6.45) is -3.64. The fraction of sp³-hybridized carbons (Fsp3) is 0.333. The highest BCUT2D eigenvalue weighted by Gasteiger charge is 2.57. The van der Waals surface area contributed by atoms with Gasteiger partial charge < -0.3 is 15.7 Å². The molecule has 2 aromatic rings. The zero-order valence-electron chi connectivity index (χ0n) is 13.8. The van der Waals surface area contributed by atoms with Gasteiger partial charge in [-0.2, -0.15) is 13.2 Å². The number of β-amino-alcohol motifs (C(OH)–C–C–N with tert-alkyl or cyclic N) is 1. The minimum absolute atomic E-state index is 0.142. The molecule has 3 N–H and O–H groups in total. The smallest absolute Gasteiger partial charge is 0.379 e. The second kappa shape index (κ2) is 6.69. The molecule has 0 spiro atoms. The van der Waals surface area contributed by atoms with Crippen LogP contribution in [0.3, 0.4) is 0 Å². The molecule has 1 unspecified atom stereocenters. The molecule has 8 heteroatoms. The van der Waals surface area contributed by atoms with Gasteiger partial charge in [0.15, 0.2) is 5.60 Å². The van der Waals surface area contributed by atoms with Crippen LogP contribution in [0.2, 0.25) is 0 Å². The lowest BCUT2D eigenvalue weighted by Crippen LogP contribution is -2.48. The first-order chi connectivity index (χ1) is 12.2. The number of halogens is 3. The summed E-state index contributed by atoms with van der Waals surface area (Å²) >= 11 is 0. The Morgan fingerprint density at radius 2 is 1.96 bits per heavy atom. The first-order valence-electron chi connectivity index (χ1n) is 8.07. The van der Waals surface area contributed by atoms with E-state index in [9.17, 15) is 23.1 Å². The van der Waals surface area contributed by atoms with Gasteiger partial charge in [-0.1, -0.05) is 12.1 Å². The van der Waals surface area contributed by atoms with Gasteiger partial charge in [-0.3, -0.25) is 9.78 Å². The van der Waals surface area contributed by atoms with E-state index < -0.39 is 30.7 Å². The van der Waals surface area contributed by atoms with Crippen molar-refractivity contribution in [3.63, 3.8) is 0 Å². The fourth-order valence-electron chi connectivity index (χ4n) is 2.92. The van der Waals surface area contributed by atoms with E-state index in [1.165, 1.54) is 0 Å². The molecule has 0 saturated carbocycles. The predicted octanol–water partition coefficient (Wildman–Crippen LogP) is 2.35. The third-order valence-corrected chi connectivity index (χ3v) is 4.55. The topological polar surface area (TPSA) is 79.5 Å². The van der Waals surface area contributed by atoms with Gasteiger partial charge in [-0.15, -0.1) is 0 Å². The average molecular weight is 365 g/mol. The number of aliphatic hydroxyl groups is 1. The van der Waals surface area contributed by atoms with Crippen LogP contribution < -0.4 is 5.73 Å². The molecule has 2 heterocycles. The molecule has 3 rings (SSSR count). The molecule has 1 aliphatic rings. The number of hydrogen-bond donors (Lipinski definition) is 2. The number of aromatic nitrogens is 1. The lowest BCUT2D eigenvalue weighted by Gasteiger charge is -2.25. The second-order valence-corrected chi connectivity index (χ2v) is 6.34. The number of nitrogens with two attached hydrogens (primary N) is 1. The minimum Gasteiger partial charge on any atom is -0.379 e. The van der Waals surface area contributed by atoms with E-state index in [2.05, 4.69) is 4.98 Å². The third-order valence-electron chi connectivity index (χ3n) is 4.55. The monoisotopic (exact) mass is 365 g/mol. The molecule has 138 valence electrons. The molecule has 5 nitrogen and oxygen atoms in total. The van der Waals surface area contributed by atoms with Crippen molar-refractivity contribution < 1.29 is 23.1 Å². The van der Waals surface area contributed by atoms with E-state index in [4.69, 9.17) is 5.73 Å². The SMILES string of the molecule is NCc1ccnc(-c2ccc(C(=O)N3CCC(O)(C(F)(F)F)C3)cc2)c1. The minimum atomic E-state index is -4.76. The van der Waals surface area contributed by atoms with Gasteiger partial charge in [-0.05, 0) is 29.8 Å². The van der Waals surface area contributed by atoms with Gasteiger partial charge in [0.2, 0.25) is 0 Å². The number of pyridine rings is 1. The molecule has 1 aromatic carbocycles. The van der Waals surface area contributed by atoms with Gasteiger partial charge in [0.25, 0.3) is 5.91 Å². The molecule has 1 aliphatic heterocycles. The van der Waals surface area contributed by atoms with E-state index in [1.54, 1.807) is 36.5 Å². The number of alkyl halides is 3. The van der Waals surface area contributed by atoms with Gasteiger partial charge in [0.1, 0.15) is 0 Å². The lowest BCUT2D eigenvalue weighted by atomic mass is 10.0. The highest BCUT2D eigenvalue weighted by molar-refractivity contribution is 5.95. The Morgan fingerprint density at radius 1 is 1.27 bits per heavy atom. The van der Waals surface area contributed by atoms with Crippen LogP contribution in [0.1, 0.15) is 22.3 Å². The lowest BCUT2D eigenvalue weighted by molar-refractivity contribution is -0.253. The van der Waals surface area contributed by atoms with Crippen molar-refractivity contribution in [1.29, 1.82) is 0 Å². The van der Waals surface area contributed by atoms with Crippen molar-refractivity contribution in [3.8, 4) is 11.3 Å². The molecule has 1 atom stereocenters. The van der Waals surface area contributed by atoms with E-state index in [0.717, 1.165) is 16.0 Å². The van der Waals surface area contributed by atoms with Crippen LogP contribution in [0.25, 0.3) is 11.3 Å². The predicted molar refractivity (Wildman–Crippen MR) is 89.1 cm³/mol. The number of carbonyl (C=O) groups excluding carboxylic acids is 1. The molecular formula is C18H18F3N3O2. The number of nitrogens with zero attached hydrogens (tertiary/aromatic N) is 2. The molecule has 1 fully saturated rings. The van der Waals surface area contributed by atoms with Gasteiger partial charge in [0, 0.05) is 36.8 Å². The Morgan fingerprint density at radius 3 is 2.54 bits per heavy atom. The van der Waals surface area contributed by atoms with Crippen molar-refractivity contribution in [2.24, 2.45) is 5.73 Å². The highest BCUT2D eigenvalue weighted by atomic mass is 19.4. The summed E-state index contributed by atoms with van der Waals surface area (Å²) in [5.74, 6) is -0.541. The van der Waals surface area contributed by atoms with Crippen LogP contribution in [0.15, 0.2) is 42.6 Å². The Bertz CT molecular complexity index is 808. The van der Waals surface area contributed by atoms with Crippen LogP contribution in [0, 0.1) is 0 Å². The Hall–Kier alpha value is -2.45. The summed E-state index contributed by atoms with van der Waals surface area (Å²) in [5.41, 5.74) is 5.40. The molecule has 0 aliphatic carbocycles. The zero-order valence-corrected chi connectivity index (χ0v) is 13.8. The molecular weight excluding hydrogens is 347 g/mol. The number of rotatable bonds is 3. The fourth-order valence-corrected chi connectivity index (χ4v) is 2.92. The Labute approximate surface area is 148 Å². The van der Waals surface area contributed by atoms with Crippen LogP contribution in [0.5, 0.6) is 0 Å². The van der Waals surface area contributed by atoms with Crippen molar-refractivity contribution >= 4 is 5.91 Å². The van der Waals surface area contributed by atoms with Crippen molar-refractivity contribution in [3.05, 3.63) is 53.7 Å². The standard InChI is InChI=1S/C18H18F3N3O2/c19-18(20,21)17(26)6-8-24(11-17)16(25)14-3-1-13(2-4-14)15-9-12(10-22)5-7-23-15/h1-5,7,9,26H,6,8,10-11,22H2. The third kappa shape index (κ3) is 3.42. The van der Waals surface area contributed by atoms with Crippen LogP contribution in [0.4, 0.5) is 13.2 Å². The zero-order chi connectivity index (χ0) is 18.9. The maximum Gasteiger partial charge on any atom is 0.419 e. The van der Waals surface area contributed by atoms with Gasteiger partial charge in [-0.25, -0.2) is 0 Å².